The van der Waals surface area contributed by atoms with Gasteiger partial charge in [-0.15, -0.1) is 0 Å². The fraction of sp³-hybridized carbons (Fsp3) is 0.579. The number of carbonyl (C=O) groups excluding carboxylic acids is 2. The lowest BCUT2D eigenvalue weighted by molar-refractivity contribution is -0.146. The molecule has 0 saturated carbocycles. The van der Waals surface area contributed by atoms with Gasteiger partial charge < -0.3 is 14.5 Å². The number of carbonyl (C=O) groups is 2. The van der Waals surface area contributed by atoms with Crippen LogP contribution in [0.2, 0.25) is 0 Å². The van der Waals surface area contributed by atoms with Gasteiger partial charge in [0.2, 0.25) is 11.8 Å². The molecule has 2 saturated heterocycles. The second kappa shape index (κ2) is 7.52. The first-order valence-corrected chi connectivity index (χ1v) is 8.85. The second-order valence-corrected chi connectivity index (χ2v) is 7.05. The summed E-state index contributed by atoms with van der Waals surface area (Å²) in [6.07, 6.45) is 2.86. The molecular weight excluding hydrogens is 323 g/mol. The normalized spacial score (nSPS) is 23.5. The maximum atomic E-state index is 13.1. The van der Waals surface area contributed by atoms with E-state index in [1.165, 1.54) is 12.1 Å². The molecule has 0 radical (unpaired) electrons. The quantitative estimate of drug-likeness (QED) is 0.820. The fourth-order valence-electron chi connectivity index (χ4n) is 3.92. The van der Waals surface area contributed by atoms with Crippen LogP contribution in [0.4, 0.5) is 4.39 Å². The number of likely N-dealkylation sites (tertiary alicyclic amines) is 2. The third kappa shape index (κ3) is 3.84. The zero-order valence-corrected chi connectivity index (χ0v) is 14.7. The Hall–Kier alpha value is -1.95. The van der Waals surface area contributed by atoms with Gasteiger partial charge in [-0.2, -0.15) is 0 Å². The number of piperidine rings is 1. The van der Waals surface area contributed by atoms with E-state index in [1.807, 2.05) is 4.90 Å². The molecule has 1 spiro atoms. The van der Waals surface area contributed by atoms with E-state index >= 15 is 0 Å². The van der Waals surface area contributed by atoms with E-state index in [9.17, 15) is 14.0 Å². The van der Waals surface area contributed by atoms with Crippen LogP contribution in [0, 0.1) is 11.2 Å². The monoisotopic (exact) mass is 348 g/mol. The van der Waals surface area contributed by atoms with Crippen molar-refractivity contribution < 1.29 is 18.7 Å². The molecule has 6 heteroatoms. The smallest absolute Gasteiger partial charge is 0.230 e. The van der Waals surface area contributed by atoms with Gasteiger partial charge in [-0.25, -0.2) is 4.39 Å². The Bertz CT molecular complexity index is 634. The average Bonchev–Trinajstić information content (AvgIpc) is 3.04. The van der Waals surface area contributed by atoms with Crippen LogP contribution in [0.3, 0.4) is 0 Å². The summed E-state index contributed by atoms with van der Waals surface area (Å²) < 4.78 is 18.0. The van der Waals surface area contributed by atoms with Crippen LogP contribution in [0.1, 0.15) is 31.2 Å². The highest BCUT2D eigenvalue weighted by Crippen LogP contribution is 2.40. The van der Waals surface area contributed by atoms with E-state index in [-0.39, 0.29) is 17.6 Å². The van der Waals surface area contributed by atoms with Gasteiger partial charge in [0, 0.05) is 33.3 Å². The Kier molecular flexibility index (Phi) is 5.37. The summed E-state index contributed by atoms with van der Waals surface area (Å²) in [4.78, 5) is 29.0. The van der Waals surface area contributed by atoms with Crippen molar-refractivity contribution >= 4 is 11.8 Å². The predicted molar refractivity (Wildman–Crippen MR) is 91.2 cm³/mol. The van der Waals surface area contributed by atoms with Crippen LogP contribution in [0.15, 0.2) is 24.3 Å². The van der Waals surface area contributed by atoms with Gasteiger partial charge in [0.15, 0.2) is 0 Å². The Morgan fingerprint density at radius 1 is 1.24 bits per heavy atom. The third-order valence-electron chi connectivity index (χ3n) is 5.34. The minimum absolute atomic E-state index is 0.0576. The van der Waals surface area contributed by atoms with E-state index in [0.717, 1.165) is 31.4 Å². The molecule has 136 valence electrons. The van der Waals surface area contributed by atoms with Crippen LogP contribution >= 0.6 is 0 Å². The molecule has 25 heavy (non-hydrogen) atoms. The van der Waals surface area contributed by atoms with Gasteiger partial charge in [-0.3, -0.25) is 9.59 Å². The zero-order valence-electron chi connectivity index (χ0n) is 14.7. The van der Waals surface area contributed by atoms with Crippen LogP contribution in [-0.2, 0) is 20.9 Å². The van der Waals surface area contributed by atoms with Crippen molar-refractivity contribution in [2.75, 3.05) is 33.4 Å². The lowest BCUT2D eigenvalue weighted by atomic mass is 9.78. The predicted octanol–water partition coefficient (Wildman–Crippen LogP) is 2.20. The Morgan fingerprint density at radius 2 is 2.00 bits per heavy atom. The molecule has 5 nitrogen and oxygen atoms in total. The van der Waals surface area contributed by atoms with E-state index in [0.29, 0.717) is 32.7 Å². The maximum absolute atomic E-state index is 13.1. The van der Waals surface area contributed by atoms with Crippen LogP contribution < -0.4 is 0 Å². The summed E-state index contributed by atoms with van der Waals surface area (Å²) in [5, 5.41) is 0. The first kappa shape index (κ1) is 17.9. The highest BCUT2D eigenvalue weighted by Gasteiger charge is 2.49. The highest BCUT2D eigenvalue weighted by atomic mass is 19.1. The first-order valence-electron chi connectivity index (χ1n) is 8.85. The molecule has 0 N–H and O–H groups in total. The summed E-state index contributed by atoms with van der Waals surface area (Å²) >= 11 is 0. The summed E-state index contributed by atoms with van der Waals surface area (Å²) in [6, 6.07) is 6.29. The molecule has 1 aromatic rings. The second-order valence-electron chi connectivity index (χ2n) is 7.05. The number of rotatable bonds is 5. The van der Waals surface area contributed by atoms with E-state index < -0.39 is 5.41 Å². The van der Waals surface area contributed by atoms with Crippen molar-refractivity contribution in [2.45, 2.75) is 32.2 Å². The SMILES string of the molecule is COCCC(=O)N1CC[C@@]2(CCCN(Cc3ccc(F)cc3)C2=O)C1. The molecular formula is C19H25FN2O3. The van der Waals surface area contributed by atoms with Gasteiger partial charge in [-0.05, 0) is 37.0 Å². The minimum atomic E-state index is -0.443. The van der Waals surface area contributed by atoms with Crippen LogP contribution in [0.25, 0.3) is 0 Å². The molecule has 2 heterocycles. The van der Waals surface area contributed by atoms with Gasteiger partial charge in [-0.1, -0.05) is 12.1 Å². The van der Waals surface area contributed by atoms with Crippen LogP contribution in [-0.4, -0.2) is 55.0 Å². The molecule has 2 aliphatic rings. The van der Waals surface area contributed by atoms with Crippen molar-refractivity contribution in [3.63, 3.8) is 0 Å². The molecule has 1 atom stereocenters. The summed E-state index contributed by atoms with van der Waals surface area (Å²) in [5.74, 6) is -0.0847. The average molecular weight is 348 g/mol. The summed E-state index contributed by atoms with van der Waals surface area (Å²) in [6.45, 7) is 2.77. The number of hydrogen-bond donors (Lipinski definition) is 0. The van der Waals surface area contributed by atoms with Gasteiger partial charge in [0.1, 0.15) is 5.82 Å². The minimum Gasteiger partial charge on any atom is -0.384 e. The van der Waals surface area contributed by atoms with Gasteiger partial charge in [0.05, 0.1) is 18.4 Å². The van der Waals surface area contributed by atoms with Gasteiger partial charge in [0.25, 0.3) is 0 Å². The summed E-state index contributed by atoms with van der Waals surface area (Å²) in [7, 11) is 1.58. The molecule has 3 rings (SSSR count). The van der Waals surface area contributed by atoms with Crippen LogP contribution in [0.5, 0.6) is 0 Å². The number of nitrogens with zero attached hydrogens (tertiary/aromatic N) is 2. The number of amides is 2. The van der Waals surface area contributed by atoms with E-state index in [1.54, 1.807) is 24.1 Å². The molecule has 0 aliphatic carbocycles. The largest absolute Gasteiger partial charge is 0.384 e. The Labute approximate surface area is 147 Å². The molecule has 2 fully saturated rings. The van der Waals surface area contributed by atoms with E-state index in [4.69, 9.17) is 4.74 Å². The van der Waals surface area contributed by atoms with Crippen molar-refractivity contribution in [1.29, 1.82) is 0 Å². The fourth-order valence-corrected chi connectivity index (χ4v) is 3.92. The Morgan fingerprint density at radius 3 is 2.72 bits per heavy atom. The Balaban J connectivity index is 1.65. The van der Waals surface area contributed by atoms with Crippen molar-refractivity contribution in [3.8, 4) is 0 Å². The third-order valence-corrected chi connectivity index (χ3v) is 5.34. The van der Waals surface area contributed by atoms with Crippen molar-refractivity contribution in [2.24, 2.45) is 5.41 Å². The lowest BCUT2D eigenvalue weighted by Crippen LogP contribution is -2.50. The van der Waals surface area contributed by atoms with Crippen molar-refractivity contribution in [3.05, 3.63) is 35.6 Å². The number of halogens is 1. The number of benzene rings is 1. The molecule has 2 aliphatic heterocycles. The zero-order chi connectivity index (χ0) is 17.9. The molecule has 0 unspecified atom stereocenters. The standard InChI is InChI=1S/C19H25FN2O3/c1-25-12-7-17(23)22-11-9-19(14-22)8-2-10-21(18(19)24)13-15-3-5-16(20)6-4-15/h3-6H,2,7-14H2,1H3/t19-/m0/s1. The van der Waals surface area contributed by atoms with Crippen molar-refractivity contribution in [1.82, 2.24) is 9.80 Å². The molecule has 2 amide bonds. The highest BCUT2D eigenvalue weighted by molar-refractivity contribution is 5.86. The summed E-state index contributed by atoms with van der Waals surface area (Å²) in [5.41, 5.74) is 0.485. The maximum Gasteiger partial charge on any atom is 0.230 e. The topological polar surface area (TPSA) is 49.9 Å². The van der Waals surface area contributed by atoms with E-state index in [2.05, 4.69) is 0 Å². The number of methoxy groups -OCH3 is 1. The molecule has 0 bridgehead atoms. The number of ether oxygens (including phenoxy) is 1. The number of hydrogen-bond acceptors (Lipinski definition) is 3. The molecule has 0 aromatic heterocycles. The first-order chi connectivity index (χ1) is 12.0. The lowest BCUT2D eigenvalue weighted by Gasteiger charge is -2.39. The van der Waals surface area contributed by atoms with Gasteiger partial charge >= 0.3 is 0 Å². The molecule has 1 aromatic carbocycles.